The zero-order valence-electron chi connectivity index (χ0n) is 14.6. The van der Waals surface area contributed by atoms with Crippen molar-refractivity contribution in [3.8, 4) is 0 Å². The van der Waals surface area contributed by atoms with Gasteiger partial charge >= 0.3 is 5.97 Å². The van der Waals surface area contributed by atoms with Crippen molar-refractivity contribution in [1.82, 2.24) is 5.32 Å². The second kappa shape index (κ2) is 8.80. The molecule has 1 amide bonds. The van der Waals surface area contributed by atoms with Crippen molar-refractivity contribution >= 4 is 32.5 Å². The molecular weight excluding hydrogens is 354 g/mol. The van der Waals surface area contributed by atoms with E-state index in [0.29, 0.717) is 6.42 Å². The lowest BCUT2D eigenvalue weighted by Crippen LogP contribution is -2.34. The van der Waals surface area contributed by atoms with E-state index in [1.807, 2.05) is 42.5 Å². The fourth-order valence-electron chi connectivity index (χ4n) is 2.72. The predicted octanol–water partition coefficient (Wildman–Crippen LogP) is 2.02. The first-order chi connectivity index (χ1) is 12.2. The largest absolute Gasteiger partial charge is 0.481 e. The molecule has 0 radical (unpaired) electrons. The van der Waals surface area contributed by atoms with Crippen LogP contribution in [0.25, 0.3) is 10.8 Å². The third-order valence-corrected chi connectivity index (χ3v) is 5.14. The summed E-state index contributed by atoms with van der Waals surface area (Å²) in [6.45, 7) is 0.0138. The molecule has 6 nitrogen and oxygen atoms in total. The fraction of sp³-hybridized carbons (Fsp3) is 0.368. The van der Waals surface area contributed by atoms with Gasteiger partial charge in [-0.25, -0.2) is 8.42 Å². The van der Waals surface area contributed by atoms with Crippen LogP contribution in [0.2, 0.25) is 0 Å². The molecule has 0 fully saturated rings. The molecule has 0 saturated carbocycles. The summed E-state index contributed by atoms with van der Waals surface area (Å²) in [5, 5.41) is 14.1. The topological polar surface area (TPSA) is 101 Å². The Balaban J connectivity index is 1.91. The molecule has 2 N–H and O–H groups in total. The lowest BCUT2D eigenvalue weighted by Gasteiger charge is -2.14. The van der Waals surface area contributed by atoms with Gasteiger partial charge in [0.15, 0.2) is 0 Å². The van der Waals surface area contributed by atoms with Crippen molar-refractivity contribution in [3.05, 3.63) is 48.0 Å². The van der Waals surface area contributed by atoms with Gasteiger partial charge in [0.2, 0.25) is 5.91 Å². The Labute approximate surface area is 153 Å². The van der Waals surface area contributed by atoms with Crippen LogP contribution in [0, 0.1) is 5.92 Å². The summed E-state index contributed by atoms with van der Waals surface area (Å²) in [6.07, 6.45) is 1.72. The van der Waals surface area contributed by atoms with Crippen molar-refractivity contribution in [2.75, 3.05) is 18.6 Å². The number of hydrogen-bond acceptors (Lipinski definition) is 4. The minimum Gasteiger partial charge on any atom is -0.481 e. The summed E-state index contributed by atoms with van der Waals surface area (Å²) in [6, 6.07) is 13.6. The first-order valence-corrected chi connectivity index (χ1v) is 10.5. The number of nitrogens with one attached hydrogen (secondary N) is 1. The quantitative estimate of drug-likeness (QED) is 0.696. The van der Waals surface area contributed by atoms with Gasteiger partial charge in [-0.3, -0.25) is 9.59 Å². The highest BCUT2D eigenvalue weighted by Crippen LogP contribution is 2.18. The van der Waals surface area contributed by atoms with Crippen LogP contribution in [0.1, 0.15) is 18.4 Å². The highest BCUT2D eigenvalue weighted by molar-refractivity contribution is 7.90. The van der Waals surface area contributed by atoms with Crippen LogP contribution in [-0.4, -0.2) is 44.0 Å². The lowest BCUT2D eigenvalue weighted by atomic mass is 9.97. The Kier molecular flexibility index (Phi) is 6.74. The van der Waals surface area contributed by atoms with E-state index in [2.05, 4.69) is 5.32 Å². The van der Waals surface area contributed by atoms with Gasteiger partial charge < -0.3 is 10.4 Å². The van der Waals surface area contributed by atoms with Crippen LogP contribution in [-0.2, 0) is 25.8 Å². The highest BCUT2D eigenvalue weighted by atomic mass is 32.2. The molecule has 0 aliphatic rings. The first-order valence-electron chi connectivity index (χ1n) is 8.39. The number of fused-ring (bicyclic) bond motifs is 1. The van der Waals surface area contributed by atoms with E-state index in [0.717, 1.165) is 22.6 Å². The molecule has 1 atom stereocenters. The maximum absolute atomic E-state index is 11.8. The van der Waals surface area contributed by atoms with E-state index in [1.165, 1.54) is 0 Å². The number of carbonyl (C=O) groups is 2. The Morgan fingerprint density at radius 1 is 1.12 bits per heavy atom. The summed E-state index contributed by atoms with van der Waals surface area (Å²) in [5.41, 5.74) is 0.891. The average molecular weight is 377 g/mol. The molecular formula is C19H23NO5S. The Bertz CT molecular complexity index is 892. The van der Waals surface area contributed by atoms with Crippen LogP contribution in [0.4, 0.5) is 0 Å². The number of carbonyl (C=O) groups excluding carboxylic acids is 1. The van der Waals surface area contributed by atoms with Crippen molar-refractivity contribution in [1.29, 1.82) is 0 Å². The SMILES string of the molecule is CS(=O)(=O)CCCC(=O)NCC(Cc1ccc2ccccc2c1)C(=O)O. The molecule has 1 unspecified atom stereocenters. The number of aliphatic carboxylic acids is 1. The van der Waals surface area contributed by atoms with Gasteiger partial charge in [-0.05, 0) is 29.2 Å². The molecule has 0 heterocycles. The molecule has 0 saturated heterocycles. The van der Waals surface area contributed by atoms with Crippen molar-refractivity contribution in [2.24, 2.45) is 5.92 Å². The van der Waals surface area contributed by atoms with Crippen molar-refractivity contribution in [3.63, 3.8) is 0 Å². The molecule has 0 bridgehead atoms. The molecule has 2 aromatic rings. The summed E-state index contributed by atoms with van der Waals surface area (Å²) in [5.74, 6) is -2.11. The molecule has 0 aliphatic heterocycles. The van der Waals surface area contributed by atoms with Crippen LogP contribution in [0.5, 0.6) is 0 Å². The monoisotopic (exact) mass is 377 g/mol. The Morgan fingerprint density at radius 2 is 1.81 bits per heavy atom. The molecule has 2 rings (SSSR count). The first kappa shape index (κ1) is 19.9. The zero-order chi connectivity index (χ0) is 19.2. The second-order valence-electron chi connectivity index (χ2n) is 6.46. The van der Waals surface area contributed by atoms with Crippen LogP contribution < -0.4 is 5.32 Å². The number of rotatable bonds is 9. The maximum atomic E-state index is 11.8. The third-order valence-electron chi connectivity index (χ3n) is 4.11. The standard InChI is InChI=1S/C19H23NO5S/c1-26(24,25)10-4-7-18(21)20-13-17(19(22)23)12-14-8-9-15-5-2-3-6-16(15)11-14/h2-3,5-6,8-9,11,17H,4,7,10,12-13H2,1H3,(H,20,21)(H,22,23). The summed E-state index contributed by atoms with van der Waals surface area (Å²) in [4.78, 5) is 23.3. The minimum atomic E-state index is -3.10. The molecule has 0 aliphatic carbocycles. The van der Waals surface area contributed by atoms with Crippen LogP contribution in [0.15, 0.2) is 42.5 Å². The lowest BCUT2D eigenvalue weighted by molar-refractivity contribution is -0.141. The van der Waals surface area contributed by atoms with Crippen LogP contribution in [0.3, 0.4) is 0 Å². The van der Waals surface area contributed by atoms with Gasteiger partial charge in [0.25, 0.3) is 0 Å². The van der Waals surface area contributed by atoms with Gasteiger partial charge in [-0.2, -0.15) is 0 Å². The number of carboxylic acids is 1. The minimum absolute atomic E-state index is 0.0138. The molecule has 140 valence electrons. The molecule has 0 spiro atoms. The normalized spacial score (nSPS) is 12.7. The van der Waals surface area contributed by atoms with E-state index in [1.54, 1.807) is 0 Å². The molecule has 0 aromatic heterocycles. The zero-order valence-corrected chi connectivity index (χ0v) is 15.5. The van der Waals surface area contributed by atoms with Gasteiger partial charge in [0, 0.05) is 19.2 Å². The number of hydrogen-bond donors (Lipinski definition) is 2. The van der Waals surface area contributed by atoms with E-state index in [4.69, 9.17) is 0 Å². The summed E-state index contributed by atoms with van der Waals surface area (Å²) in [7, 11) is -3.10. The highest BCUT2D eigenvalue weighted by Gasteiger charge is 2.19. The molecule has 26 heavy (non-hydrogen) atoms. The fourth-order valence-corrected chi connectivity index (χ4v) is 3.39. The van der Waals surface area contributed by atoms with Gasteiger partial charge in [0.1, 0.15) is 9.84 Å². The molecule has 2 aromatic carbocycles. The maximum Gasteiger partial charge on any atom is 0.308 e. The number of sulfone groups is 1. The second-order valence-corrected chi connectivity index (χ2v) is 8.72. The Hall–Kier alpha value is -2.41. The molecule has 7 heteroatoms. The van der Waals surface area contributed by atoms with Gasteiger partial charge in [-0.15, -0.1) is 0 Å². The van der Waals surface area contributed by atoms with E-state index < -0.39 is 21.7 Å². The number of amides is 1. The van der Waals surface area contributed by atoms with Gasteiger partial charge in [0.05, 0.1) is 11.7 Å². The number of carboxylic acid groups (broad SMARTS) is 1. The van der Waals surface area contributed by atoms with Crippen LogP contribution >= 0.6 is 0 Å². The average Bonchev–Trinajstić information content (AvgIpc) is 2.57. The summed E-state index contributed by atoms with van der Waals surface area (Å²) < 4.78 is 22.1. The van der Waals surface area contributed by atoms with Crippen molar-refractivity contribution < 1.29 is 23.1 Å². The summed E-state index contributed by atoms with van der Waals surface area (Å²) >= 11 is 0. The van der Waals surface area contributed by atoms with Gasteiger partial charge in [-0.1, -0.05) is 42.5 Å². The number of benzene rings is 2. The smallest absolute Gasteiger partial charge is 0.308 e. The van der Waals surface area contributed by atoms with E-state index in [9.17, 15) is 23.1 Å². The van der Waals surface area contributed by atoms with Crippen molar-refractivity contribution in [2.45, 2.75) is 19.3 Å². The van der Waals surface area contributed by atoms with E-state index >= 15 is 0 Å². The predicted molar refractivity (Wildman–Crippen MR) is 101 cm³/mol. The third kappa shape index (κ3) is 6.48. The Morgan fingerprint density at radius 3 is 2.46 bits per heavy atom. The van der Waals surface area contributed by atoms with E-state index in [-0.39, 0.29) is 31.0 Å².